The number of urea groups is 1. The molecule has 0 aromatic heterocycles. The van der Waals surface area contributed by atoms with E-state index in [4.69, 9.17) is 4.74 Å². The van der Waals surface area contributed by atoms with Gasteiger partial charge in [0.25, 0.3) is 0 Å². The van der Waals surface area contributed by atoms with Crippen LogP contribution in [0.1, 0.15) is 37.7 Å². The van der Waals surface area contributed by atoms with Crippen LogP contribution in [-0.4, -0.2) is 37.4 Å². The van der Waals surface area contributed by atoms with E-state index in [1.165, 1.54) is 19.3 Å². The van der Waals surface area contributed by atoms with Crippen LogP contribution in [0.4, 0.5) is 4.79 Å². The summed E-state index contributed by atoms with van der Waals surface area (Å²) in [4.78, 5) is 11.8. The number of amides is 2. The number of nitrogens with one attached hydrogen (secondary N) is 2. The maximum Gasteiger partial charge on any atom is 0.314 e. The average molecular weight is 320 g/mol. The normalized spacial score (nSPS) is 16.6. The topological polar surface area (TPSA) is 70.6 Å². The molecule has 1 aliphatic carbocycles. The van der Waals surface area contributed by atoms with Crippen molar-refractivity contribution in [2.45, 2.75) is 44.6 Å². The zero-order chi connectivity index (χ0) is 16.5. The maximum absolute atomic E-state index is 11.8. The zero-order valence-corrected chi connectivity index (χ0v) is 13.9. The third kappa shape index (κ3) is 6.10. The van der Waals surface area contributed by atoms with Gasteiger partial charge in [-0.3, -0.25) is 0 Å². The van der Waals surface area contributed by atoms with Gasteiger partial charge in [-0.1, -0.05) is 31.4 Å². The molecule has 5 heteroatoms. The summed E-state index contributed by atoms with van der Waals surface area (Å²) in [7, 11) is 1.64. The maximum atomic E-state index is 11.8. The first-order valence-electron chi connectivity index (χ1n) is 8.51. The first kappa shape index (κ1) is 17.6. The molecule has 1 fully saturated rings. The number of methoxy groups -OCH3 is 1. The minimum Gasteiger partial charge on any atom is -0.497 e. The second kappa shape index (κ2) is 9.40. The van der Waals surface area contributed by atoms with Gasteiger partial charge >= 0.3 is 6.03 Å². The largest absolute Gasteiger partial charge is 0.497 e. The van der Waals surface area contributed by atoms with E-state index in [0.29, 0.717) is 19.0 Å². The molecule has 1 aliphatic rings. The van der Waals surface area contributed by atoms with Gasteiger partial charge in [-0.15, -0.1) is 0 Å². The highest BCUT2D eigenvalue weighted by Crippen LogP contribution is 2.26. The van der Waals surface area contributed by atoms with Gasteiger partial charge in [0.05, 0.1) is 13.2 Å². The minimum atomic E-state index is -0.428. The van der Waals surface area contributed by atoms with E-state index in [2.05, 4.69) is 10.6 Å². The molecule has 5 nitrogen and oxygen atoms in total. The lowest BCUT2D eigenvalue weighted by Gasteiger charge is -2.26. The number of hydrogen-bond acceptors (Lipinski definition) is 3. The minimum absolute atomic E-state index is 0.214. The van der Waals surface area contributed by atoms with Crippen molar-refractivity contribution in [1.82, 2.24) is 10.6 Å². The zero-order valence-electron chi connectivity index (χ0n) is 13.9. The summed E-state index contributed by atoms with van der Waals surface area (Å²) in [5, 5.41) is 15.7. The Morgan fingerprint density at radius 2 is 1.91 bits per heavy atom. The number of rotatable bonds is 7. The number of carbonyl (C=O) groups is 1. The fourth-order valence-electron chi connectivity index (χ4n) is 3.06. The van der Waals surface area contributed by atoms with Crippen molar-refractivity contribution < 1.29 is 14.6 Å². The molecule has 1 unspecified atom stereocenters. The summed E-state index contributed by atoms with van der Waals surface area (Å²) < 4.78 is 5.11. The molecule has 0 heterocycles. The number of carbonyl (C=O) groups excluding carboxylic acids is 1. The standard InChI is InChI=1S/C18H28N2O3/c1-23-16-9-7-14(8-10-16)11-12-19-18(22)20-13-17(21)15-5-3-2-4-6-15/h7-10,15,17,21H,2-6,11-13H2,1H3,(H2,19,20,22). The highest BCUT2D eigenvalue weighted by Gasteiger charge is 2.21. The van der Waals surface area contributed by atoms with Crippen LogP contribution in [-0.2, 0) is 6.42 Å². The van der Waals surface area contributed by atoms with E-state index >= 15 is 0 Å². The molecule has 23 heavy (non-hydrogen) atoms. The molecule has 0 bridgehead atoms. The van der Waals surface area contributed by atoms with Crippen LogP contribution in [0.2, 0.25) is 0 Å². The van der Waals surface area contributed by atoms with Gasteiger partial charge in [0, 0.05) is 13.1 Å². The van der Waals surface area contributed by atoms with Crippen LogP contribution < -0.4 is 15.4 Å². The Kier molecular flexibility index (Phi) is 7.20. The van der Waals surface area contributed by atoms with Crippen LogP contribution in [0.3, 0.4) is 0 Å². The van der Waals surface area contributed by atoms with E-state index in [1.807, 2.05) is 24.3 Å². The van der Waals surface area contributed by atoms with Crippen LogP contribution in [0, 0.1) is 5.92 Å². The van der Waals surface area contributed by atoms with Gasteiger partial charge in [0.15, 0.2) is 0 Å². The molecule has 3 N–H and O–H groups in total. The van der Waals surface area contributed by atoms with Gasteiger partial charge in [0.1, 0.15) is 5.75 Å². The average Bonchev–Trinajstić information content (AvgIpc) is 2.61. The summed E-state index contributed by atoms with van der Waals surface area (Å²) in [6.45, 7) is 0.900. The van der Waals surface area contributed by atoms with Gasteiger partial charge in [-0.05, 0) is 42.9 Å². The highest BCUT2D eigenvalue weighted by atomic mass is 16.5. The molecule has 1 saturated carbocycles. The summed E-state index contributed by atoms with van der Waals surface area (Å²) in [5.74, 6) is 1.17. The van der Waals surface area contributed by atoms with Gasteiger partial charge < -0.3 is 20.5 Å². The number of hydrogen-bond donors (Lipinski definition) is 3. The molecule has 1 atom stereocenters. The van der Waals surface area contributed by atoms with Crippen molar-refractivity contribution in [1.29, 1.82) is 0 Å². The second-order valence-corrected chi connectivity index (χ2v) is 6.20. The Morgan fingerprint density at radius 1 is 1.22 bits per heavy atom. The van der Waals surface area contributed by atoms with Crippen molar-refractivity contribution in [3.05, 3.63) is 29.8 Å². The number of aliphatic hydroxyl groups is 1. The summed E-state index contributed by atoms with van der Waals surface area (Å²) in [6.07, 6.45) is 6.13. The van der Waals surface area contributed by atoms with Gasteiger partial charge in [-0.25, -0.2) is 4.79 Å². The van der Waals surface area contributed by atoms with Crippen molar-refractivity contribution in [3.8, 4) is 5.75 Å². The lowest BCUT2D eigenvalue weighted by molar-refractivity contribution is 0.0858. The van der Waals surface area contributed by atoms with Crippen LogP contribution in [0.15, 0.2) is 24.3 Å². The monoisotopic (exact) mass is 320 g/mol. The van der Waals surface area contributed by atoms with Crippen molar-refractivity contribution in [2.24, 2.45) is 5.92 Å². The fourth-order valence-corrected chi connectivity index (χ4v) is 3.06. The lowest BCUT2D eigenvalue weighted by atomic mass is 9.85. The number of ether oxygens (including phenoxy) is 1. The van der Waals surface area contributed by atoms with Crippen LogP contribution >= 0.6 is 0 Å². The molecule has 2 rings (SSSR count). The quantitative estimate of drug-likeness (QED) is 0.723. The Balaban J connectivity index is 1.60. The molecule has 2 amide bonds. The molecule has 128 valence electrons. The smallest absolute Gasteiger partial charge is 0.314 e. The molecule has 1 aromatic carbocycles. The second-order valence-electron chi connectivity index (χ2n) is 6.20. The van der Waals surface area contributed by atoms with Crippen molar-refractivity contribution >= 4 is 6.03 Å². The molecule has 1 aromatic rings. The van der Waals surface area contributed by atoms with E-state index in [-0.39, 0.29) is 6.03 Å². The van der Waals surface area contributed by atoms with E-state index in [0.717, 1.165) is 30.6 Å². The predicted octanol–water partition coefficient (Wildman–Crippen LogP) is 2.48. The molecule has 0 spiro atoms. The number of benzene rings is 1. The van der Waals surface area contributed by atoms with Crippen LogP contribution in [0.5, 0.6) is 5.75 Å². The van der Waals surface area contributed by atoms with Crippen molar-refractivity contribution in [2.75, 3.05) is 20.2 Å². The molecule has 0 aliphatic heterocycles. The lowest BCUT2D eigenvalue weighted by Crippen LogP contribution is -2.42. The summed E-state index contributed by atoms with van der Waals surface area (Å²) in [5.41, 5.74) is 1.15. The Morgan fingerprint density at radius 3 is 2.57 bits per heavy atom. The van der Waals surface area contributed by atoms with Gasteiger partial charge in [-0.2, -0.15) is 0 Å². The molecule has 0 saturated heterocycles. The molecular formula is C18H28N2O3. The fraction of sp³-hybridized carbons (Fsp3) is 0.611. The Bertz CT molecular complexity index is 470. The highest BCUT2D eigenvalue weighted by molar-refractivity contribution is 5.73. The first-order valence-corrected chi connectivity index (χ1v) is 8.51. The Hall–Kier alpha value is -1.75. The number of aliphatic hydroxyl groups excluding tert-OH is 1. The SMILES string of the molecule is COc1ccc(CCNC(=O)NCC(O)C2CCCCC2)cc1. The molecule has 0 radical (unpaired) electrons. The third-order valence-electron chi connectivity index (χ3n) is 4.52. The van der Waals surface area contributed by atoms with Crippen molar-refractivity contribution in [3.63, 3.8) is 0 Å². The Labute approximate surface area is 138 Å². The van der Waals surface area contributed by atoms with E-state index < -0.39 is 6.10 Å². The molecular weight excluding hydrogens is 292 g/mol. The van der Waals surface area contributed by atoms with E-state index in [9.17, 15) is 9.90 Å². The summed E-state index contributed by atoms with van der Waals surface area (Å²) in [6, 6.07) is 7.59. The van der Waals surface area contributed by atoms with E-state index in [1.54, 1.807) is 7.11 Å². The van der Waals surface area contributed by atoms with Crippen LogP contribution in [0.25, 0.3) is 0 Å². The predicted molar refractivity (Wildman–Crippen MR) is 90.7 cm³/mol. The first-order chi connectivity index (χ1) is 11.2. The summed E-state index contributed by atoms with van der Waals surface area (Å²) >= 11 is 0. The third-order valence-corrected chi connectivity index (χ3v) is 4.52. The van der Waals surface area contributed by atoms with Gasteiger partial charge in [0.2, 0.25) is 0 Å².